The molecule has 5 nitrogen and oxygen atoms in total. The number of amides is 1. The number of rotatable bonds is 3. The van der Waals surface area contributed by atoms with E-state index in [1.54, 1.807) is 11.3 Å². The van der Waals surface area contributed by atoms with Gasteiger partial charge in [-0.15, -0.1) is 0 Å². The van der Waals surface area contributed by atoms with Crippen molar-refractivity contribution in [3.05, 3.63) is 51.8 Å². The minimum atomic E-state index is -0.0868. The van der Waals surface area contributed by atoms with Crippen LogP contribution in [-0.4, -0.2) is 20.5 Å². The number of fused-ring (bicyclic) bond motifs is 1. The van der Waals surface area contributed by atoms with Crippen LogP contribution in [0.3, 0.4) is 0 Å². The molecule has 21 heavy (non-hydrogen) atoms. The fraction of sp³-hybridized carbons (Fsp3) is 0.267. The lowest BCUT2D eigenvalue weighted by Crippen LogP contribution is -2.24. The van der Waals surface area contributed by atoms with Gasteiger partial charge in [0.1, 0.15) is 5.01 Å². The first kappa shape index (κ1) is 13.8. The van der Waals surface area contributed by atoms with Gasteiger partial charge in [-0.05, 0) is 32.9 Å². The van der Waals surface area contributed by atoms with Crippen LogP contribution in [0, 0.1) is 20.8 Å². The molecule has 0 bridgehead atoms. The number of hydrogen-bond donors (Lipinski definition) is 1. The van der Waals surface area contributed by atoms with E-state index in [1.807, 2.05) is 49.6 Å². The van der Waals surface area contributed by atoms with E-state index in [2.05, 4.69) is 15.4 Å². The summed E-state index contributed by atoms with van der Waals surface area (Å²) in [6.45, 7) is 6.30. The van der Waals surface area contributed by atoms with E-state index in [0.717, 1.165) is 26.9 Å². The van der Waals surface area contributed by atoms with Crippen LogP contribution in [0.5, 0.6) is 0 Å². The zero-order chi connectivity index (χ0) is 15.0. The molecule has 0 saturated heterocycles. The fourth-order valence-corrected chi connectivity index (χ4v) is 2.97. The number of benzene rings is 1. The van der Waals surface area contributed by atoms with Gasteiger partial charge in [-0.25, -0.2) is 9.50 Å². The highest BCUT2D eigenvalue weighted by atomic mass is 32.1. The number of carbonyl (C=O) groups excluding carboxylic acids is 1. The molecule has 0 radical (unpaired) electrons. The molecule has 1 N–H and O–H groups in total. The molecular weight excluding hydrogens is 284 g/mol. The van der Waals surface area contributed by atoms with Gasteiger partial charge < -0.3 is 5.32 Å². The summed E-state index contributed by atoms with van der Waals surface area (Å²) in [7, 11) is 0. The van der Waals surface area contributed by atoms with Crippen LogP contribution < -0.4 is 5.32 Å². The maximum Gasteiger partial charge on any atom is 0.251 e. The van der Waals surface area contributed by atoms with Crippen molar-refractivity contribution >= 4 is 22.2 Å². The predicted molar refractivity (Wildman–Crippen MR) is 82.7 cm³/mol. The Balaban J connectivity index is 1.78. The highest BCUT2D eigenvalue weighted by Gasteiger charge is 2.13. The standard InChI is InChI=1S/C15H16N4OS/c1-9-4-6-12(7-5-9)14(20)16-8-13-10(2)17-15-19(13)18-11(3)21-15/h4-7H,8H2,1-3H3,(H,16,20). The van der Waals surface area contributed by atoms with E-state index in [-0.39, 0.29) is 5.91 Å². The third-order valence-corrected chi connectivity index (χ3v) is 4.15. The Bertz CT molecular complexity index is 801. The average Bonchev–Trinajstić information content (AvgIpc) is 2.92. The number of carbonyl (C=O) groups is 1. The highest BCUT2D eigenvalue weighted by Crippen LogP contribution is 2.17. The van der Waals surface area contributed by atoms with Crippen LogP contribution in [0.2, 0.25) is 0 Å². The second kappa shape index (κ2) is 5.29. The van der Waals surface area contributed by atoms with Crippen LogP contribution in [0.4, 0.5) is 0 Å². The number of imidazole rings is 1. The van der Waals surface area contributed by atoms with Gasteiger partial charge in [0, 0.05) is 5.56 Å². The van der Waals surface area contributed by atoms with Crippen molar-refractivity contribution in [2.24, 2.45) is 0 Å². The topological polar surface area (TPSA) is 59.3 Å². The lowest BCUT2D eigenvalue weighted by atomic mass is 10.1. The first-order chi connectivity index (χ1) is 10.0. The molecule has 0 saturated carbocycles. The molecule has 6 heteroatoms. The van der Waals surface area contributed by atoms with Crippen LogP contribution in [0.25, 0.3) is 4.96 Å². The first-order valence-corrected chi connectivity index (χ1v) is 7.53. The molecule has 1 amide bonds. The molecule has 0 atom stereocenters. The van der Waals surface area contributed by atoms with Crippen LogP contribution in [0.1, 0.15) is 32.3 Å². The van der Waals surface area contributed by atoms with E-state index in [9.17, 15) is 4.79 Å². The van der Waals surface area contributed by atoms with Gasteiger partial charge in [-0.1, -0.05) is 29.0 Å². The quantitative estimate of drug-likeness (QED) is 0.809. The summed E-state index contributed by atoms with van der Waals surface area (Å²) >= 11 is 1.55. The maximum atomic E-state index is 12.1. The average molecular weight is 300 g/mol. The van der Waals surface area contributed by atoms with Crippen molar-refractivity contribution in [3.8, 4) is 0 Å². The Labute approximate surface area is 126 Å². The minimum Gasteiger partial charge on any atom is -0.346 e. The summed E-state index contributed by atoms with van der Waals surface area (Å²) in [6.07, 6.45) is 0. The summed E-state index contributed by atoms with van der Waals surface area (Å²) in [5.74, 6) is -0.0868. The van der Waals surface area contributed by atoms with E-state index >= 15 is 0 Å². The minimum absolute atomic E-state index is 0.0868. The molecule has 3 aromatic rings. The number of nitrogens with one attached hydrogen (secondary N) is 1. The lowest BCUT2D eigenvalue weighted by Gasteiger charge is -2.05. The lowest BCUT2D eigenvalue weighted by molar-refractivity contribution is 0.0950. The van der Waals surface area contributed by atoms with Crippen molar-refractivity contribution in [2.45, 2.75) is 27.3 Å². The zero-order valence-electron chi connectivity index (χ0n) is 12.2. The summed E-state index contributed by atoms with van der Waals surface area (Å²) in [4.78, 5) is 17.5. The van der Waals surface area contributed by atoms with Crippen LogP contribution >= 0.6 is 11.3 Å². The SMILES string of the molecule is Cc1ccc(C(=O)NCc2c(C)nc3sc(C)nn23)cc1. The molecule has 2 heterocycles. The Morgan fingerprint density at radius 2 is 1.95 bits per heavy atom. The normalized spacial score (nSPS) is 11.0. The van der Waals surface area contributed by atoms with Gasteiger partial charge in [0.15, 0.2) is 0 Å². The van der Waals surface area contributed by atoms with E-state index in [4.69, 9.17) is 0 Å². The fourth-order valence-electron chi connectivity index (χ4n) is 2.16. The van der Waals surface area contributed by atoms with Gasteiger partial charge in [0.05, 0.1) is 17.9 Å². The van der Waals surface area contributed by atoms with Crippen molar-refractivity contribution in [1.29, 1.82) is 0 Å². The van der Waals surface area contributed by atoms with Crippen molar-refractivity contribution in [3.63, 3.8) is 0 Å². The first-order valence-electron chi connectivity index (χ1n) is 6.71. The molecule has 0 aliphatic heterocycles. The smallest absolute Gasteiger partial charge is 0.251 e. The predicted octanol–water partition coefficient (Wildman–Crippen LogP) is 2.65. The number of aromatic nitrogens is 3. The third kappa shape index (κ3) is 2.67. The second-order valence-electron chi connectivity index (χ2n) is 5.01. The largest absolute Gasteiger partial charge is 0.346 e. The molecule has 0 fully saturated rings. The van der Waals surface area contributed by atoms with Crippen LogP contribution in [0.15, 0.2) is 24.3 Å². The Morgan fingerprint density at radius 1 is 1.24 bits per heavy atom. The summed E-state index contributed by atoms with van der Waals surface area (Å²) in [6, 6.07) is 7.52. The molecule has 0 aliphatic carbocycles. The number of hydrogen-bond acceptors (Lipinski definition) is 4. The molecule has 2 aromatic heterocycles. The maximum absolute atomic E-state index is 12.1. The molecule has 0 spiro atoms. The van der Waals surface area contributed by atoms with E-state index in [1.165, 1.54) is 0 Å². The zero-order valence-corrected chi connectivity index (χ0v) is 13.0. The molecule has 0 unspecified atom stereocenters. The summed E-state index contributed by atoms with van der Waals surface area (Å²) in [5.41, 5.74) is 3.62. The summed E-state index contributed by atoms with van der Waals surface area (Å²) in [5, 5.41) is 8.31. The number of nitrogens with zero attached hydrogens (tertiary/aromatic N) is 3. The van der Waals surface area contributed by atoms with Gasteiger partial charge in [0.2, 0.25) is 4.96 Å². The second-order valence-corrected chi connectivity index (χ2v) is 6.17. The van der Waals surface area contributed by atoms with Gasteiger partial charge >= 0.3 is 0 Å². The molecule has 1 aromatic carbocycles. The Morgan fingerprint density at radius 3 is 2.67 bits per heavy atom. The monoisotopic (exact) mass is 300 g/mol. The summed E-state index contributed by atoms with van der Waals surface area (Å²) < 4.78 is 1.81. The van der Waals surface area contributed by atoms with Gasteiger partial charge in [-0.2, -0.15) is 5.10 Å². The Kier molecular flexibility index (Phi) is 3.47. The van der Waals surface area contributed by atoms with Crippen molar-refractivity contribution in [2.75, 3.05) is 0 Å². The number of aryl methyl sites for hydroxylation is 3. The van der Waals surface area contributed by atoms with Crippen molar-refractivity contribution < 1.29 is 4.79 Å². The third-order valence-electron chi connectivity index (χ3n) is 3.33. The molecule has 108 valence electrons. The highest BCUT2D eigenvalue weighted by molar-refractivity contribution is 7.16. The van der Waals surface area contributed by atoms with Gasteiger partial charge in [-0.3, -0.25) is 4.79 Å². The molecule has 3 rings (SSSR count). The molecule has 0 aliphatic rings. The molecular formula is C15H16N4OS. The van der Waals surface area contributed by atoms with E-state index < -0.39 is 0 Å². The van der Waals surface area contributed by atoms with Gasteiger partial charge in [0.25, 0.3) is 5.91 Å². The van der Waals surface area contributed by atoms with Crippen LogP contribution in [-0.2, 0) is 6.54 Å². The van der Waals surface area contributed by atoms with Crippen molar-refractivity contribution in [1.82, 2.24) is 19.9 Å². The Hall–Kier alpha value is -2.21. The van der Waals surface area contributed by atoms with E-state index in [0.29, 0.717) is 12.1 Å².